The van der Waals surface area contributed by atoms with Crippen LogP contribution in [0.25, 0.3) is 11.6 Å². The summed E-state index contributed by atoms with van der Waals surface area (Å²) in [5.74, 6) is -0.647. The number of hydrogen-bond donors (Lipinski definition) is 0. The average Bonchev–Trinajstić information content (AvgIpc) is 3.18. The summed E-state index contributed by atoms with van der Waals surface area (Å²) in [6.07, 6.45) is 8.80. The minimum Gasteiger partial charge on any atom is -1.00 e. The minimum atomic E-state index is -1.67. The topological polar surface area (TPSA) is 0 Å². The number of benzene rings is 2. The van der Waals surface area contributed by atoms with Crippen molar-refractivity contribution in [2.45, 2.75) is 33.7 Å². The molecule has 135 valence electrons. The molecule has 0 bridgehead atoms. The molecule has 0 aromatic heterocycles. The van der Waals surface area contributed by atoms with E-state index in [0.29, 0.717) is 0 Å². The van der Waals surface area contributed by atoms with Crippen LogP contribution in [-0.4, -0.2) is 5.92 Å². The molecule has 0 fully saturated rings. The van der Waals surface area contributed by atoms with E-state index in [1.165, 1.54) is 12.0 Å². The average molecular weight is 480 g/mol. The Morgan fingerprint density at radius 3 is 2.23 bits per heavy atom. The van der Waals surface area contributed by atoms with Gasteiger partial charge in [-0.1, -0.05) is 0 Å². The molecule has 2 aromatic rings. The summed E-state index contributed by atoms with van der Waals surface area (Å²) in [5, 5.41) is 0. The third-order valence-corrected chi connectivity index (χ3v) is 26.9. The quantitative estimate of drug-likeness (QED) is 0.538. The molecule has 0 amide bonds. The van der Waals surface area contributed by atoms with Gasteiger partial charge >= 0.3 is 155 Å². The second kappa shape index (κ2) is 9.20. The SMILES string of the molecule is CCC1=C[CH]([Zr+2]([CH]2C=Cc3ccccc32)[SiH](C)C)c2ccccc21.[Cl-].[Cl-]. The molecule has 0 saturated heterocycles. The molecule has 0 N–H and O–H groups in total. The van der Waals surface area contributed by atoms with Crippen molar-refractivity contribution >= 4 is 17.6 Å². The Bertz CT molecular complexity index is 828. The first-order valence-electron chi connectivity index (χ1n) is 9.14. The van der Waals surface area contributed by atoms with Gasteiger partial charge in [0.15, 0.2) is 0 Å². The maximum Gasteiger partial charge on any atom is -1.00 e. The first-order chi connectivity index (χ1) is 11.7. The van der Waals surface area contributed by atoms with Gasteiger partial charge < -0.3 is 24.8 Å². The van der Waals surface area contributed by atoms with Crippen molar-refractivity contribution < 1.29 is 45.7 Å². The molecule has 0 spiro atoms. The van der Waals surface area contributed by atoms with Crippen LogP contribution in [0, 0.1) is 0 Å². The van der Waals surface area contributed by atoms with Crippen molar-refractivity contribution in [2.75, 3.05) is 0 Å². The van der Waals surface area contributed by atoms with Crippen LogP contribution < -0.4 is 24.8 Å². The molecular weight excluding hydrogens is 454 g/mol. The second-order valence-corrected chi connectivity index (χ2v) is 27.5. The Morgan fingerprint density at radius 2 is 1.54 bits per heavy atom. The van der Waals surface area contributed by atoms with Gasteiger partial charge in [0.25, 0.3) is 0 Å². The number of halogens is 2. The summed E-state index contributed by atoms with van der Waals surface area (Å²) < 4.78 is 1.56. The van der Waals surface area contributed by atoms with Gasteiger partial charge in [0, 0.05) is 0 Å². The van der Waals surface area contributed by atoms with Gasteiger partial charge in [0.05, 0.1) is 0 Å². The predicted molar refractivity (Wildman–Crippen MR) is 105 cm³/mol. The number of hydrogen-bond acceptors (Lipinski definition) is 0. The maximum atomic E-state index is 2.68. The molecule has 0 nitrogen and oxygen atoms in total. The zero-order chi connectivity index (χ0) is 16.7. The molecule has 26 heavy (non-hydrogen) atoms. The number of fused-ring (bicyclic) bond motifs is 2. The Hall–Kier alpha value is -0.400. The van der Waals surface area contributed by atoms with E-state index in [1.807, 2.05) is 0 Å². The van der Waals surface area contributed by atoms with Crippen LogP contribution in [0.2, 0.25) is 13.1 Å². The van der Waals surface area contributed by atoms with Gasteiger partial charge in [-0.2, -0.15) is 0 Å². The van der Waals surface area contributed by atoms with Crippen molar-refractivity contribution in [3.8, 4) is 0 Å². The van der Waals surface area contributed by atoms with E-state index in [9.17, 15) is 0 Å². The summed E-state index contributed by atoms with van der Waals surface area (Å²) >= 11 is -1.67. The Balaban J connectivity index is 0.00000121. The van der Waals surface area contributed by atoms with Crippen molar-refractivity contribution in [1.82, 2.24) is 0 Å². The molecule has 0 heterocycles. The van der Waals surface area contributed by atoms with E-state index in [-0.39, 0.29) is 24.8 Å². The van der Waals surface area contributed by atoms with E-state index in [0.717, 1.165) is 7.25 Å². The van der Waals surface area contributed by atoms with E-state index in [1.54, 1.807) is 22.3 Å². The third-order valence-electron chi connectivity index (χ3n) is 5.57. The maximum absolute atomic E-state index is 2.68. The largest absolute Gasteiger partial charge is 1.00 e. The molecule has 2 aromatic carbocycles. The molecule has 2 atom stereocenters. The molecule has 2 unspecified atom stereocenters. The standard InChI is InChI=1S/C11H11.C9H7.C2H7Si.2ClH.Zr/c1-2-9-7-8-10-5-3-4-6-11(9)10;1-2-5-9-7-3-6-8(9)4-1;1-3-2;;;/h3-8H,2H2,1H3;1-7H;3H,1-2H3;2*1H;/q;;;;;+2/p-2. The van der Waals surface area contributed by atoms with Crippen LogP contribution in [0.5, 0.6) is 0 Å². The number of rotatable bonds is 4. The van der Waals surface area contributed by atoms with Crippen LogP contribution in [0.4, 0.5) is 0 Å². The van der Waals surface area contributed by atoms with E-state index in [2.05, 4.69) is 86.8 Å². The summed E-state index contributed by atoms with van der Waals surface area (Å²) in [7, 11) is 0. The summed E-state index contributed by atoms with van der Waals surface area (Å²) in [4.78, 5) is 0. The van der Waals surface area contributed by atoms with E-state index in [4.69, 9.17) is 0 Å². The van der Waals surface area contributed by atoms with Crippen molar-refractivity contribution in [3.63, 3.8) is 0 Å². The minimum absolute atomic E-state index is 0. The Morgan fingerprint density at radius 1 is 0.885 bits per heavy atom. The van der Waals surface area contributed by atoms with Crippen LogP contribution in [0.15, 0.2) is 60.7 Å². The van der Waals surface area contributed by atoms with Gasteiger partial charge in [-0.15, -0.1) is 0 Å². The number of allylic oxidation sites excluding steroid dienone is 3. The second-order valence-electron chi connectivity index (χ2n) is 7.23. The fourth-order valence-electron chi connectivity index (χ4n) is 4.48. The van der Waals surface area contributed by atoms with Crippen molar-refractivity contribution in [3.05, 3.63) is 82.9 Å². The molecule has 2 aliphatic rings. The summed E-state index contributed by atoms with van der Waals surface area (Å²) in [6.45, 7) is 7.54. The first-order valence-corrected chi connectivity index (χ1v) is 19.1. The molecule has 4 heteroatoms. The molecule has 4 rings (SSSR count). The molecule has 2 aliphatic carbocycles. The van der Waals surface area contributed by atoms with Gasteiger partial charge in [0.1, 0.15) is 0 Å². The zero-order valence-electron chi connectivity index (χ0n) is 15.5. The summed E-state index contributed by atoms with van der Waals surface area (Å²) in [5.41, 5.74) is 7.90. The van der Waals surface area contributed by atoms with Crippen LogP contribution in [0.1, 0.15) is 42.8 Å². The smallest absolute Gasteiger partial charge is 1.00 e. The molecule has 0 aliphatic heterocycles. The normalized spacial score (nSPS) is 19.3. The zero-order valence-corrected chi connectivity index (χ0v) is 20.7. The van der Waals surface area contributed by atoms with Crippen LogP contribution in [-0.2, 0) is 20.9 Å². The van der Waals surface area contributed by atoms with Crippen molar-refractivity contribution in [1.29, 1.82) is 0 Å². The van der Waals surface area contributed by atoms with Crippen LogP contribution in [0.3, 0.4) is 0 Å². The first kappa shape index (κ1) is 21.9. The van der Waals surface area contributed by atoms with E-state index >= 15 is 0 Å². The molecule has 0 radical (unpaired) electrons. The monoisotopic (exact) mass is 477 g/mol. The van der Waals surface area contributed by atoms with E-state index < -0.39 is 26.8 Å². The van der Waals surface area contributed by atoms with Gasteiger partial charge in [-0.3, -0.25) is 0 Å². The van der Waals surface area contributed by atoms with Crippen LogP contribution >= 0.6 is 0 Å². The summed E-state index contributed by atoms with van der Waals surface area (Å²) in [6, 6.07) is 18.3. The Kier molecular flexibility index (Phi) is 7.74. The fourth-order valence-corrected chi connectivity index (χ4v) is 25.6. The predicted octanol–water partition coefficient (Wildman–Crippen LogP) is -0.0876. The molecular formula is C22H25Cl2SiZr. The van der Waals surface area contributed by atoms with Gasteiger partial charge in [-0.25, -0.2) is 0 Å². The Labute approximate surface area is 178 Å². The van der Waals surface area contributed by atoms with Gasteiger partial charge in [0.2, 0.25) is 0 Å². The molecule has 0 saturated carbocycles. The van der Waals surface area contributed by atoms with Crippen molar-refractivity contribution in [2.24, 2.45) is 0 Å². The third kappa shape index (κ3) is 3.76. The fraction of sp³-hybridized carbons (Fsp3) is 0.273. The van der Waals surface area contributed by atoms with Gasteiger partial charge in [-0.05, 0) is 0 Å².